The summed E-state index contributed by atoms with van der Waals surface area (Å²) in [6.07, 6.45) is 1.71. The lowest BCUT2D eigenvalue weighted by molar-refractivity contribution is -0.117. The van der Waals surface area contributed by atoms with E-state index in [2.05, 4.69) is 45.3 Å². The number of hydrogen-bond donors (Lipinski definition) is 2. The Kier molecular flexibility index (Phi) is 5.99. The number of rotatable bonds is 6. The number of carbonyl (C=O) groups excluding carboxylic acids is 1. The standard InChI is InChI=1S/C23H27N5O2/c1-18-3-2-4-19(15-18)16-28-22(9-10-24-28)25-23(30)17-26-11-13-27(14-12-26)20-5-7-21(29)8-6-20/h2-10,15,29H,11-14,16-17H2,1H3,(H,25,30). The van der Waals surface area contributed by atoms with Gasteiger partial charge in [0.2, 0.25) is 5.91 Å². The van der Waals surface area contributed by atoms with Crippen LogP contribution in [0.25, 0.3) is 0 Å². The summed E-state index contributed by atoms with van der Waals surface area (Å²) in [5.41, 5.74) is 3.45. The highest BCUT2D eigenvalue weighted by atomic mass is 16.3. The normalized spacial score (nSPS) is 14.6. The van der Waals surface area contributed by atoms with Crippen LogP contribution in [0.1, 0.15) is 11.1 Å². The minimum absolute atomic E-state index is 0.0286. The third-order valence-electron chi connectivity index (χ3n) is 5.35. The van der Waals surface area contributed by atoms with Gasteiger partial charge in [0.05, 0.1) is 19.3 Å². The Labute approximate surface area is 176 Å². The lowest BCUT2D eigenvalue weighted by Crippen LogP contribution is -2.48. The molecule has 1 aliphatic heterocycles. The molecule has 0 radical (unpaired) electrons. The van der Waals surface area contributed by atoms with Crippen LogP contribution in [0.5, 0.6) is 5.75 Å². The molecule has 4 rings (SSSR count). The van der Waals surface area contributed by atoms with Crippen molar-refractivity contribution in [3.63, 3.8) is 0 Å². The van der Waals surface area contributed by atoms with Crippen molar-refractivity contribution in [3.05, 3.63) is 71.9 Å². The predicted molar refractivity (Wildman–Crippen MR) is 118 cm³/mol. The first-order chi connectivity index (χ1) is 14.6. The molecule has 1 fully saturated rings. The third-order valence-corrected chi connectivity index (χ3v) is 5.35. The van der Waals surface area contributed by atoms with Crippen molar-refractivity contribution in [3.8, 4) is 5.75 Å². The Bertz CT molecular complexity index is 991. The van der Waals surface area contributed by atoms with Crippen molar-refractivity contribution in [2.45, 2.75) is 13.5 Å². The minimum Gasteiger partial charge on any atom is -0.508 e. The van der Waals surface area contributed by atoms with Crippen LogP contribution >= 0.6 is 0 Å². The number of phenols is 1. The summed E-state index contributed by atoms with van der Waals surface area (Å²) >= 11 is 0. The molecule has 156 valence electrons. The monoisotopic (exact) mass is 405 g/mol. The third kappa shape index (κ3) is 4.99. The molecule has 7 nitrogen and oxygen atoms in total. The van der Waals surface area contributed by atoms with Crippen LogP contribution in [0.15, 0.2) is 60.8 Å². The molecule has 7 heteroatoms. The molecule has 0 atom stereocenters. The fraction of sp³-hybridized carbons (Fsp3) is 0.304. The number of aromatic hydroxyl groups is 1. The smallest absolute Gasteiger partial charge is 0.239 e. The Morgan fingerprint density at radius 1 is 1.07 bits per heavy atom. The fourth-order valence-electron chi connectivity index (χ4n) is 3.76. The average Bonchev–Trinajstić information content (AvgIpc) is 3.15. The zero-order valence-corrected chi connectivity index (χ0v) is 17.2. The molecular formula is C23H27N5O2. The van der Waals surface area contributed by atoms with Crippen molar-refractivity contribution in [2.75, 3.05) is 42.9 Å². The predicted octanol–water partition coefficient (Wildman–Crippen LogP) is 2.71. The van der Waals surface area contributed by atoms with Gasteiger partial charge in [-0.1, -0.05) is 29.8 Å². The molecule has 1 saturated heterocycles. The number of hydrogen-bond acceptors (Lipinski definition) is 5. The zero-order valence-electron chi connectivity index (χ0n) is 17.2. The quantitative estimate of drug-likeness (QED) is 0.660. The van der Waals surface area contributed by atoms with Crippen molar-refractivity contribution < 1.29 is 9.90 Å². The van der Waals surface area contributed by atoms with Gasteiger partial charge in [0.1, 0.15) is 11.6 Å². The second-order valence-corrected chi connectivity index (χ2v) is 7.69. The van der Waals surface area contributed by atoms with Crippen LogP contribution in [-0.2, 0) is 11.3 Å². The van der Waals surface area contributed by atoms with Gasteiger partial charge in [-0.3, -0.25) is 9.69 Å². The summed E-state index contributed by atoms with van der Waals surface area (Å²) < 4.78 is 1.81. The summed E-state index contributed by atoms with van der Waals surface area (Å²) in [6, 6.07) is 17.4. The van der Waals surface area contributed by atoms with Gasteiger partial charge in [0, 0.05) is 37.9 Å². The van der Waals surface area contributed by atoms with Crippen LogP contribution in [-0.4, -0.2) is 58.4 Å². The molecule has 0 saturated carbocycles. The summed E-state index contributed by atoms with van der Waals surface area (Å²) in [7, 11) is 0. The molecule has 2 N–H and O–H groups in total. The number of phenolic OH excluding ortho intramolecular Hbond substituents is 1. The van der Waals surface area contributed by atoms with Crippen molar-refractivity contribution >= 4 is 17.4 Å². The number of amides is 1. The molecule has 1 aliphatic rings. The van der Waals surface area contributed by atoms with E-state index >= 15 is 0 Å². The second kappa shape index (κ2) is 9.00. The Morgan fingerprint density at radius 2 is 1.83 bits per heavy atom. The second-order valence-electron chi connectivity index (χ2n) is 7.69. The maximum atomic E-state index is 12.6. The highest BCUT2D eigenvalue weighted by Gasteiger charge is 2.20. The first kappa shape index (κ1) is 20.0. The maximum Gasteiger partial charge on any atom is 0.239 e. The van der Waals surface area contributed by atoms with Gasteiger partial charge in [-0.15, -0.1) is 0 Å². The zero-order chi connectivity index (χ0) is 20.9. The lowest BCUT2D eigenvalue weighted by atomic mass is 10.1. The number of carbonyl (C=O) groups is 1. The molecule has 1 aromatic heterocycles. The van der Waals surface area contributed by atoms with Crippen molar-refractivity contribution in [2.24, 2.45) is 0 Å². The molecule has 2 heterocycles. The fourth-order valence-corrected chi connectivity index (χ4v) is 3.76. The average molecular weight is 406 g/mol. The number of aromatic nitrogens is 2. The highest BCUT2D eigenvalue weighted by molar-refractivity contribution is 5.91. The molecule has 2 aromatic carbocycles. The number of piperazine rings is 1. The van der Waals surface area contributed by atoms with Crippen LogP contribution in [0.4, 0.5) is 11.5 Å². The van der Waals surface area contributed by atoms with Crippen LogP contribution in [0.2, 0.25) is 0 Å². The van der Waals surface area contributed by atoms with Crippen LogP contribution < -0.4 is 10.2 Å². The lowest BCUT2D eigenvalue weighted by Gasteiger charge is -2.35. The van der Waals surface area contributed by atoms with Crippen LogP contribution in [0, 0.1) is 6.92 Å². The van der Waals surface area contributed by atoms with E-state index in [9.17, 15) is 9.90 Å². The van der Waals surface area contributed by atoms with Gasteiger partial charge < -0.3 is 15.3 Å². The Morgan fingerprint density at radius 3 is 2.57 bits per heavy atom. The maximum absolute atomic E-state index is 12.6. The summed E-state index contributed by atoms with van der Waals surface area (Å²) in [5, 5.41) is 16.8. The summed E-state index contributed by atoms with van der Waals surface area (Å²) in [6.45, 7) is 6.38. The van der Waals surface area contributed by atoms with E-state index < -0.39 is 0 Å². The topological polar surface area (TPSA) is 73.6 Å². The number of nitrogens with zero attached hydrogens (tertiary/aromatic N) is 4. The first-order valence-electron chi connectivity index (χ1n) is 10.2. The molecule has 0 spiro atoms. The van der Waals surface area contributed by atoms with Gasteiger partial charge in [-0.25, -0.2) is 4.68 Å². The molecular weight excluding hydrogens is 378 g/mol. The Hall–Kier alpha value is -3.32. The number of benzene rings is 2. The van der Waals surface area contributed by atoms with Gasteiger partial charge in [-0.2, -0.15) is 5.10 Å². The molecule has 0 bridgehead atoms. The van der Waals surface area contributed by atoms with Crippen LogP contribution in [0.3, 0.4) is 0 Å². The van der Waals surface area contributed by atoms with Crippen molar-refractivity contribution in [1.29, 1.82) is 0 Å². The Balaban J connectivity index is 1.29. The summed E-state index contributed by atoms with van der Waals surface area (Å²) in [5.74, 6) is 0.957. The summed E-state index contributed by atoms with van der Waals surface area (Å²) in [4.78, 5) is 17.0. The van der Waals surface area contributed by atoms with Crippen molar-refractivity contribution in [1.82, 2.24) is 14.7 Å². The largest absolute Gasteiger partial charge is 0.508 e. The van der Waals surface area contributed by atoms with Gasteiger partial charge in [0.25, 0.3) is 0 Å². The molecule has 0 unspecified atom stereocenters. The van der Waals surface area contributed by atoms with E-state index in [0.29, 0.717) is 18.9 Å². The van der Waals surface area contributed by atoms with Gasteiger partial charge >= 0.3 is 0 Å². The van der Waals surface area contributed by atoms with E-state index in [4.69, 9.17) is 0 Å². The number of anilines is 2. The van der Waals surface area contributed by atoms with E-state index in [1.54, 1.807) is 18.3 Å². The SMILES string of the molecule is Cc1cccc(Cn2nccc2NC(=O)CN2CCN(c3ccc(O)cc3)CC2)c1. The van der Waals surface area contributed by atoms with Gasteiger partial charge in [-0.05, 0) is 36.8 Å². The first-order valence-corrected chi connectivity index (χ1v) is 10.2. The molecule has 30 heavy (non-hydrogen) atoms. The number of aryl methyl sites for hydroxylation is 1. The highest BCUT2D eigenvalue weighted by Crippen LogP contribution is 2.20. The van der Waals surface area contributed by atoms with E-state index in [0.717, 1.165) is 37.4 Å². The van der Waals surface area contributed by atoms with E-state index in [-0.39, 0.29) is 11.7 Å². The molecule has 0 aliphatic carbocycles. The van der Waals surface area contributed by atoms with Gasteiger partial charge in [0.15, 0.2) is 0 Å². The van der Waals surface area contributed by atoms with E-state index in [1.807, 2.05) is 28.9 Å². The number of nitrogens with one attached hydrogen (secondary N) is 1. The minimum atomic E-state index is -0.0286. The molecule has 3 aromatic rings. The van der Waals surface area contributed by atoms with E-state index in [1.165, 1.54) is 5.56 Å². The molecule has 1 amide bonds.